The molecule has 2 rings (SSSR count). The smallest absolute Gasteiger partial charge is 0.274 e. The molecule has 1 heterocycles. The number of aromatic nitrogens is 1. The second kappa shape index (κ2) is 9.10. The molecule has 6 heteroatoms. The number of carbonyl (C=O) groups is 2. The molecule has 138 valence electrons. The summed E-state index contributed by atoms with van der Waals surface area (Å²) < 4.78 is 4.94. The molecule has 6 nitrogen and oxygen atoms in total. The van der Waals surface area contributed by atoms with E-state index in [0.29, 0.717) is 19.6 Å². The fraction of sp³-hybridized carbons (Fsp3) is 0.350. The van der Waals surface area contributed by atoms with Crippen LogP contribution in [-0.4, -0.2) is 37.1 Å². The van der Waals surface area contributed by atoms with Crippen molar-refractivity contribution in [3.05, 3.63) is 58.4 Å². The van der Waals surface area contributed by atoms with Crippen molar-refractivity contribution in [3.63, 3.8) is 0 Å². The predicted molar refractivity (Wildman–Crippen MR) is 102 cm³/mol. The number of amides is 2. The van der Waals surface area contributed by atoms with E-state index in [9.17, 15) is 9.59 Å². The van der Waals surface area contributed by atoms with Crippen molar-refractivity contribution in [3.8, 4) is 0 Å². The van der Waals surface area contributed by atoms with Crippen molar-refractivity contribution in [2.75, 3.05) is 25.6 Å². The molecular formula is C20H25N3O3. The number of pyridine rings is 1. The van der Waals surface area contributed by atoms with E-state index in [1.165, 1.54) is 0 Å². The summed E-state index contributed by atoms with van der Waals surface area (Å²) in [7, 11) is 1.61. The number of nitrogens with one attached hydrogen (secondary N) is 2. The molecule has 1 aromatic carbocycles. The van der Waals surface area contributed by atoms with E-state index in [1.54, 1.807) is 25.3 Å². The highest BCUT2D eigenvalue weighted by atomic mass is 16.5. The Morgan fingerprint density at radius 2 is 1.65 bits per heavy atom. The lowest BCUT2D eigenvalue weighted by atomic mass is 10.0. The minimum absolute atomic E-state index is 0.203. The van der Waals surface area contributed by atoms with Crippen molar-refractivity contribution in [1.29, 1.82) is 0 Å². The number of hydrogen-bond acceptors (Lipinski definition) is 4. The minimum Gasteiger partial charge on any atom is -0.385 e. The first kappa shape index (κ1) is 19.6. The van der Waals surface area contributed by atoms with Gasteiger partial charge in [0.2, 0.25) is 0 Å². The zero-order valence-electron chi connectivity index (χ0n) is 15.7. The Hall–Kier alpha value is -2.73. The van der Waals surface area contributed by atoms with Gasteiger partial charge in [0.05, 0.1) is 0 Å². The van der Waals surface area contributed by atoms with Crippen LogP contribution in [0.4, 0.5) is 5.69 Å². The average Bonchev–Trinajstić information content (AvgIpc) is 2.61. The summed E-state index contributed by atoms with van der Waals surface area (Å²) >= 11 is 0. The van der Waals surface area contributed by atoms with E-state index in [1.807, 2.05) is 32.9 Å². The lowest BCUT2D eigenvalue weighted by Crippen LogP contribution is -2.27. The number of anilines is 1. The molecule has 2 N–H and O–H groups in total. The van der Waals surface area contributed by atoms with Gasteiger partial charge in [-0.15, -0.1) is 0 Å². The van der Waals surface area contributed by atoms with Gasteiger partial charge in [-0.1, -0.05) is 23.8 Å². The van der Waals surface area contributed by atoms with Crippen LogP contribution in [-0.2, 0) is 4.74 Å². The Balaban J connectivity index is 2.10. The first-order valence-corrected chi connectivity index (χ1v) is 8.55. The molecule has 0 aliphatic carbocycles. The number of aryl methyl sites for hydroxylation is 3. The summed E-state index contributed by atoms with van der Waals surface area (Å²) in [5.74, 6) is -0.646. The van der Waals surface area contributed by atoms with Crippen molar-refractivity contribution in [2.24, 2.45) is 0 Å². The predicted octanol–water partition coefficient (Wildman–Crippen LogP) is 3.03. The summed E-state index contributed by atoms with van der Waals surface area (Å²) in [4.78, 5) is 28.9. The molecular weight excluding hydrogens is 330 g/mol. The highest BCUT2D eigenvalue weighted by molar-refractivity contribution is 6.04. The molecule has 0 atom stereocenters. The molecule has 0 fully saturated rings. The van der Waals surface area contributed by atoms with Gasteiger partial charge in [0.25, 0.3) is 11.8 Å². The largest absolute Gasteiger partial charge is 0.385 e. The van der Waals surface area contributed by atoms with Crippen LogP contribution in [0.25, 0.3) is 0 Å². The first-order chi connectivity index (χ1) is 12.4. The monoisotopic (exact) mass is 355 g/mol. The minimum atomic E-state index is -0.339. The van der Waals surface area contributed by atoms with Gasteiger partial charge in [0.1, 0.15) is 11.4 Å². The van der Waals surface area contributed by atoms with Gasteiger partial charge >= 0.3 is 0 Å². The van der Waals surface area contributed by atoms with Gasteiger partial charge < -0.3 is 15.4 Å². The molecule has 0 bridgehead atoms. The fourth-order valence-electron chi connectivity index (χ4n) is 2.75. The molecule has 0 radical (unpaired) electrons. The summed E-state index contributed by atoms with van der Waals surface area (Å²) in [6, 6.07) is 8.86. The zero-order valence-corrected chi connectivity index (χ0v) is 15.7. The Morgan fingerprint density at radius 1 is 1.04 bits per heavy atom. The van der Waals surface area contributed by atoms with E-state index in [-0.39, 0.29) is 23.2 Å². The van der Waals surface area contributed by atoms with E-state index in [2.05, 4.69) is 15.6 Å². The summed E-state index contributed by atoms with van der Waals surface area (Å²) in [5, 5.41) is 5.66. The maximum Gasteiger partial charge on any atom is 0.274 e. The van der Waals surface area contributed by atoms with Crippen LogP contribution >= 0.6 is 0 Å². The van der Waals surface area contributed by atoms with Crippen LogP contribution in [0.2, 0.25) is 0 Å². The highest BCUT2D eigenvalue weighted by Gasteiger charge is 2.14. The van der Waals surface area contributed by atoms with Crippen molar-refractivity contribution in [2.45, 2.75) is 27.2 Å². The van der Waals surface area contributed by atoms with Gasteiger partial charge in [-0.05, 0) is 50.5 Å². The van der Waals surface area contributed by atoms with Crippen LogP contribution in [0, 0.1) is 20.8 Å². The van der Waals surface area contributed by atoms with Gasteiger partial charge in [0, 0.05) is 25.9 Å². The van der Waals surface area contributed by atoms with Crippen molar-refractivity contribution < 1.29 is 14.3 Å². The van der Waals surface area contributed by atoms with E-state index in [4.69, 9.17) is 4.74 Å². The molecule has 26 heavy (non-hydrogen) atoms. The Kier molecular flexibility index (Phi) is 6.86. The fourth-order valence-corrected chi connectivity index (χ4v) is 2.75. The Labute approximate surface area is 154 Å². The second-order valence-corrected chi connectivity index (χ2v) is 6.24. The zero-order chi connectivity index (χ0) is 19.1. The standard InChI is InChI=1S/C20H25N3O3/c1-13-11-14(2)18(15(3)12-13)23-20(25)17-8-5-7-16(22-17)19(24)21-9-6-10-26-4/h5,7-8,11-12H,6,9-10H2,1-4H3,(H,21,24)(H,23,25). The summed E-state index contributed by atoms with van der Waals surface area (Å²) in [6.07, 6.45) is 0.717. The van der Waals surface area contributed by atoms with Crippen LogP contribution in [0.3, 0.4) is 0 Å². The highest BCUT2D eigenvalue weighted by Crippen LogP contribution is 2.22. The van der Waals surface area contributed by atoms with Gasteiger partial charge in [-0.2, -0.15) is 0 Å². The second-order valence-electron chi connectivity index (χ2n) is 6.24. The molecule has 1 aromatic heterocycles. The quantitative estimate of drug-likeness (QED) is 0.748. The Bertz CT molecular complexity index is 780. The SMILES string of the molecule is COCCCNC(=O)c1cccc(C(=O)Nc2c(C)cc(C)cc2C)n1. The normalized spacial score (nSPS) is 10.5. The van der Waals surface area contributed by atoms with Crippen LogP contribution < -0.4 is 10.6 Å². The van der Waals surface area contributed by atoms with E-state index < -0.39 is 0 Å². The number of nitrogens with zero attached hydrogens (tertiary/aromatic N) is 1. The Morgan fingerprint density at radius 3 is 2.27 bits per heavy atom. The third-order valence-corrected chi connectivity index (χ3v) is 3.94. The van der Waals surface area contributed by atoms with Crippen LogP contribution in [0.15, 0.2) is 30.3 Å². The summed E-state index contributed by atoms with van der Waals surface area (Å²) in [5.41, 5.74) is 4.31. The van der Waals surface area contributed by atoms with Gasteiger partial charge in [0.15, 0.2) is 0 Å². The number of hydrogen-bond donors (Lipinski definition) is 2. The third kappa shape index (κ3) is 5.13. The third-order valence-electron chi connectivity index (χ3n) is 3.94. The van der Waals surface area contributed by atoms with Crippen LogP contribution in [0.5, 0.6) is 0 Å². The topological polar surface area (TPSA) is 80.3 Å². The molecule has 2 amide bonds. The average molecular weight is 355 g/mol. The summed E-state index contributed by atoms with van der Waals surface area (Å²) in [6.45, 7) is 6.99. The number of rotatable bonds is 7. The lowest BCUT2D eigenvalue weighted by molar-refractivity contribution is 0.0943. The molecule has 0 unspecified atom stereocenters. The molecule has 0 aliphatic rings. The molecule has 0 saturated heterocycles. The van der Waals surface area contributed by atoms with Crippen molar-refractivity contribution in [1.82, 2.24) is 10.3 Å². The molecule has 0 aliphatic heterocycles. The number of benzene rings is 1. The lowest BCUT2D eigenvalue weighted by Gasteiger charge is -2.13. The maximum atomic E-state index is 12.6. The van der Waals surface area contributed by atoms with Crippen molar-refractivity contribution >= 4 is 17.5 Å². The van der Waals surface area contributed by atoms with E-state index in [0.717, 1.165) is 22.4 Å². The number of methoxy groups -OCH3 is 1. The number of ether oxygens (including phenoxy) is 1. The number of carbonyl (C=O) groups excluding carboxylic acids is 2. The molecule has 0 saturated carbocycles. The van der Waals surface area contributed by atoms with Gasteiger partial charge in [-0.3, -0.25) is 9.59 Å². The molecule has 0 spiro atoms. The van der Waals surface area contributed by atoms with Crippen LogP contribution in [0.1, 0.15) is 44.1 Å². The molecule has 2 aromatic rings. The first-order valence-electron chi connectivity index (χ1n) is 8.55. The maximum absolute atomic E-state index is 12.6. The van der Waals surface area contributed by atoms with Gasteiger partial charge in [-0.25, -0.2) is 4.98 Å². The van der Waals surface area contributed by atoms with E-state index >= 15 is 0 Å².